The van der Waals surface area contributed by atoms with Crippen molar-refractivity contribution in [3.8, 4) is 0 Å². The number of halogens is 1. The monoisotopic (exact) mass is 341 g/mol. The number of hydrogen-bond donors (Lipinski definition) is 1. The Kier molecular flexibility index (Phi) is 8.30. The van der Waals surface area contributed by atoms with Gasteiger partial charge >= 0.3 is 0 Å². The number of aliphatic imine (C=N–C) groups is 1. The van der Waals surface area contributed by atoms with Gasteiger partial charge in [-0.25, -0.2) is 0 Å². The predicted octanol–water partition coefficient (Wildman–Crippen LogP) is 2.88. The zero-order valence-electron chi connectivity index (χ0n) is 12.5. The lowest BCUT2D eigenvalue weighted by molar-refractivity contribution is 0.155. The Hall–Kier alpha value is -1.07. The summed E-state index contributed by atoms with van der Waals surface area (Å²) in [5.74, 6) is 0.906. The Labute approximate surface area is 130 Å². The zero-order valence-corrected chi connectivity index (χ0v) is 14.1. The average Bonchev–Trinajstić information content (AvgIpc) is 2.44. The molecule has 0 unspecified atom stereocenters. The first kappa shape index (κ1) is 17.0. The Balaban J connectivity index is 2.63. The molecule has 0 atom stereocenters. The summed E-state index contributed by atoms with van der Waals surface area (Å²) in [5.41, 5.74) is 1.24. The van der Waals surface area contributed by atoms with Crippen LogP contribution in [-0.4, -0.2) is 44.2 Å². The van der Waals surface area contributed by atoms with Gasteiger partial charge in [0.15, 0.2) is 5.96 Å². The molecule has 0 amide bonds. The minimum Gasteiger partial charge on any atom is -0.380 e. The van der Waals surface area contributed by atoms with E-state index in [2.05, 4.69) is 50.2 Å². The Morgan fingerprint density at radius 2 is 2.10 bits per heavy atom. The highest BCUT2D eigenvalue weighted by Gasteiger charge is 2.08. The van der Waals surface area contributed by atoms with Crippen LogP contribution in [0.25, 0.3) is 0 Å². The molecular formula is C15H24BrN3O. The molecule has 0 fully saturated rings. The third-order valence-corrected chi connectivity index (χ3v) is 3.54. The van der Waals surface area contributed by atoms with Crippen LogP contribution < -0.4 is 5.32 Å². The van der Waals surface area contributed by atoms with Crippen LogP contribution in [0.4, 0.5) is 0 Å². The number of nitrogens with zero attached hydrogens (tertiary/aromatic N) is 2. The molecule has 5 heteroatoms. The summed E-state index contributed by atoms with van der Waals surface area (Å²) in [6.45, 7) is 7.80. The molecule has 1 rings (SSSR count). The van der Waals surface area contributed by atoms with Crippen molar-refractivity contribution in [3.05, 3.63) is 34.3 Å². The molecule has 0 bridgehead atoms. The normalized spacial score (nSPS) is 11.5. The molecule has 1 aromatic rings. The molecule has 0 saturated carbocycles. The Morgan fingerprint density at radius 3 is 2.75 bits per heavy atom. The number of guanidine groups is 1. The molecule has 0 heterocycles. The van der Waals surface area contributed by atoms with Crippen LogP contribution >= 0.6 is 15.9 Å². The Morgan fingerprint density at radius 1 is 1.35 bits per heavy atom. The lowest BCUT2D eigenvalue weighted by Gasteiger charge is -2.22. The summed E-state index contributed by atoms with van der Waals surface area (Å²) in [4.78, 5) is 6.69. The summed E-state index contributed by atoms with van der Waals surface area (Å²) >= 11 is 3.58. The van der Waals surface area contributed by atoms with Gasteiger partial charge < -0.3 is 15.0 Å². The highest BCUT2D eigenvalue weighted by Crippen LogP contribution is 2.17. The van der Waals surface area contributed by atoms with E-state index in [0.717, 1.165) is 30.1 Å². The highest BCUT2D eigenvalue weighted by atomic mass is 79.9. The SMILES string of the molecule is CCNC(=NCCOCC)N(C)Cc1ccccc1Br. The number of hydrogen-bond acceptors (Lipinski definition) is 2. The van der Waals surface area contributed by atoms with Crippen molar-refractivity contribution in [2.45, 2.75) is 20.4 Å². The van der Waals surface area contributed by atoms with Gasteiger partial charge in [-0.2, -0.15) is 0 Å². The van der Waals surface area contributed by atoms with E-state index in [4.69, 9.17) is 4.74 Å². The van der Waals surface area contributed by atoms with Gasteiger partial charge in [0.25, 0.3) is 0 Å². The summed E-state index contributed by atoms with van der Waals surface area (Å²) in [5, 5.41) is 3.30. The minimum absolute atomic E-state index is 0.661. The maximum atomic E-state index is 5.32. The van der Waals surface area contributed by atoms with Gasteiger partial charge in [0, 0.05) is 31.2 Å². The minimum atomic E-state index is 0.661. The van der Waals surface area contributed by atoms with E-state index < -0.39 is 0 Å². The standard InChI is InChI=1S/C15H24BrN3O/c1-4-17-15(18-10-11-20-5-2)19(3)12-13-8-6-7-9-14(13)16/h6-9H,4-5,10-12H2,1-3H3,(H,17,18). The molecular weight excluding hydrogens is 318 g/mol. The largest absolute Gasteiger partial charge is 0.380 e. The third kappa shape index (κ3) is 5.92. The maximum Gasteiger partial charge on any atom is 0.194 e. The van der Waals surface area contributed by atoms with Gasteiger partial charge in [-0.1, -0.05) is 34.1 Å². The molecule has 1 N–H and O–H groups in total. The van der Waals surface area contributed by atoms with Gasteiger partial charge in [-0.05, 0) is 25.5 Å². The molecule has 0 radical (unpaired) electrons. The van der Waals surface area contributed by atoms with Gasteiger partial charge in [-0.15, -0.1) is 0 Å². The van der Waals surface area contributed by atoms with E-state index in [1.807, 2.05) is 26.1 Å². The first-order valence-electron chi connectivity index (χ1n) is 6.99. The van der Waals surface area contributed by atoms with Crippen molar-refractivity contribution in [2.24, 2.45) is 4.99 Å². The van der Waals surface area contributed by atoms with Gasteiger partial charge in [0.05, 0.1) is 13.2 Å². The third-order valence-electron chi connectivity index (χ3n) is 2.76. The predicted molar refractivity (Wildman–Crippen MR) is 88.1 cm³/mol. The van der Waals surface area contributed by atoms with Crippen LogP contribution in [0.15, 0.2) is 33.7 Å². The summed E-state index contributed by atoms with van der Waals surface area (Å²) in [6.07, 6.45) is 0. The van der Waals surface area contributed by atoms with Crippen LogP contribution in [0.5, 0.6) is 0 Å². The number of benzene rings is 1. The van der Waals surface area contributed by atoms with E-state index in [0.29, 0.717) is 13.2 Å². The topological polar surface area (TPSA) is 36.9 Å². The second-order valence-electron chi connectivity index (χ2n) is 4.38. The van der Waals surface area contributed by atoms with Crippen LogP contribution in [0.3, 0.4) is 0 Å². The van der Waals surface area contributed by atoms with Crippen molar-refractivity contribution in [3.63, 3.8) is 0 Å². The van der Waals surface area contributed by atoms with E-state index in [1.165, 1.54) is 5.56 Å². The average molecular weight is 342 g/mol. The van der Waals surface area contributed by atoms with Crippen molar-refractivity contribution in [1.29, 1.82) is 0 Å². The van der Waals surface area contributed by atoms with E-state index in [1.54, 1.807) is 0 Å². The molecule has 0 aliphatic carbocycles. The van der Waals surface area contributed by atoms with Crippen molar-refractivity contribution in [1.82, 2.24) is 10.2 Å². The molecule has 0 saturated heterocycles. The van der Waals surface area contributed by atoms with Crippen LogP contribution in [0.2, 0.25) is 0 Å². The fourth-order valence-corrected chi connectivity index (χ4v) is 2.20. The van der Waals surface area contributed by atoms with Crippen molar-refractivity contribution in [2.75, 3.05) is 33.4 Å². The van der Waals surface area contributed by atoms with Crippen LogP contribution in [-0.2, 0) is 11.3 Å². The number of rotatable bonds is 7. The van der Waals surface area contributed by atoms with Crippen LogP contribution in [0, 0.1) is 0 Å². The maximum absolute atomic E-state index is 5.32. The number of ether oxygens (including phenoxy) is 1. The fraction of sp³-hybridized carbons (Fsp3) is 0.533. The van der Waals surface area contributed by atoms with Crippen molar-refractivity contribution >= 4 is 21.9 Å². The highest BCUT2D eigenvalue weighted by molar-refractivity contribution is 9.10. The van der Waals surface area contributed by atoms with Gasteiger partial charge in [-0.3, -0.25) is 4.99 Å². The van der Waals surface area contributed by atoms with Gasteiger partial charge in [0.2, 0.25) is 0 Å². The van der Waals surface area contributed by atoms with E-state index >= 15 is 0 Å². The Bertz CT molecular complexity index is 423. The molecule has 112 valence electrons. The summed E-state index contributed by atoms with van der Waals surface area (Å²) < 4.78 is 6.44. The zero-order chi connectivity index (χ0) is 14.8. The second kappa shape index (κ2) is 9.77. The number of nitrogens with one attached hydrogen (secondary N) is 1. The lowest BCUT2D eigenvalue weighted by Crippen LogP contribution is -2.38. The summed E-state index contributed by atoms with van der Waals surface area (Å²) in [6, 6.07) is 8.24. The molecule has 0 spiro atoms. The van der Waals surface area contributed by atoms with Gasteiger partial charge in [0.1, 0.15) is 0 Å². The molecule has 1 aromatic carbocycles. The lowest BCUT2D eigenvalue weighted by atomic mass is 10.2. The van der Waals surface area contributed by atoms with E-state index in [9.17, 15) is 0 Å². The molecule has 20 heavy (non-hydrogen) atoms. The first-order chi connectivity index (χ1) is 9.69. The van der Waals surface area contributed by atoms with Crippen LogP contribution in [0.1, 0.15) is 19.4 Å². The molecule has 0 aromatic heterocycles. The second-order valence-corrected chi connectivity index (χ2v) is 5.23. The molecule has 0 aliphatic heterocycles. The smallest absolute Gasteiger partial charge is 0.194 e. The quantitative estimate of drug-likeness (QED) is 0.470. The molecule has 4 nitrogen and oxygen atoms in total. The summed E-state index contributed by atoms with van der Waals surface area (Å²) in [7, 11) is 2.04. The first-order valence-corrected chi connectivity index (χ1v) is 7.78. The van der Waals surface area contributed by atoms with E-state index in [-0.39, 0.29) is 0 Å². The van der Waals surface area contributed by atoms with Crippen molar-refractivity contribution < 1.29 is 4.74 Å². The fourth-order valence-electron chi connectivity index (χ4n) is 1.79. The molecule has 0 aliphatic rings.